The first-order valence-electron chi connectivity index (χ1n) is 20.1. The first-order chi connectivity index (χ1) is 27.8. The summed E-state index contributed by atoms with van der Waals surface area (Å²) in [6.07, 6.45) is 2.00. The van der Waals surface area contributed by atoms with Crippen LogP contribution in [0.15, 0.2) is 140 Å². The number of thiophene rings is 1. The molecule has 7 aromatic carbocycles. The average molecular weight is 1010 g/mol. The minimum absolute atomic E-state index is 0. The topological polar surface area (TPSA) is 30.7 Å². The van der Waals surface area contributed by atoms with E-state index in [1.165, 1.54) is 57.2 Å². The van der Waals surface area contributed by atoms with Gasteiger partial charge in [-0.05, 0) is 63.0 Å². The number of rotatable bonds is 5. The van der Waals surface area contributed by atoms with Crippen LogP contribution in [0.1, 0.15) is 37.8 Å². The summed E-state index contributed by atoms with van der Waals surface area (Å²) in [6.45, 7) is 8.26. The Morgan fingerprint density at radius 3 is 2.22 bits per heavy atom. The number of nitrogens with zero attached hydrogens (tertiary/aromatic N) is 3. The molecule has 0 fully saturated rings. The van der Waals surface area contributed by atoms with Crippen LogP contribution in [0.2, 0.25) is 17.3 Å². The normalized spacial score (nSPS) is 12.2. The van der Waals surface area contributed by atoms with Crippen LogP contribution in [0.4, 0.5) is 0 Å². The fraction of sp³-hybridized carbons (Fsp3) is 0.154. The number of hydrogen-bond donors (Lipinski definition) is 0. The van der Waals surface area contributed by atoms with Crippen LogP contribution >= 0.6 is 11.3 Å². The Hall–Kier alpha value is -4.91. The number of benzene rings is 7. The molecule has 0 aliphatic rings. The molecule has 1 radical (unpaired) electrons. The van der Waals surface area contributed by atoms with Crippen molar-refractivity contribution >= 4 is 81.7 Å². The van der Waals surface area contributed by atoms with E-state index in [0.717, 1.165) is 44.9 Å². The van der Waals surface area contributed by atoms with Crippen molar-refractivity contribution in [2.45, 2.75) is 50.9 Å². The SMILES string of the molecule is Cc1ccc2c(c1)sc1c(-c3nc4cc5ccccc5cc4n3-c3cccc4ccccc34)[c-]cc(C)c12.[2H]C(C)(C)c1cc(-c2[c-]cccc2)nc[c]1[Ge]([CH3])([CH3])[CH3].[Ir]. The minimum Gasteiger partial charge on any atom is 0 e. The first kappa shape index (κ1) is 38.6. The van der Waals surface area contributed by atoms with E-state index in [1.54, 1.807) is 0 Å². The van der Waals surface area contributed by atoms with Crippen LogP contribution in [0, 0.1) is 26.0 Å². The summed E-state index contributed by atoms with van der Waals surface area (Å²) in [5.41, 5.74) is 9.83. The molecule has 3 heterocycles. The second-order valence-electron chi connectivity index (χ2n) is 16.3. The quantitative estimate of drug-likeness (QED) is 0.127. The Labute approximate surface area is 362 Å². The maximum atomic E-state index is 8.44. The summed E-state index contributed by atoms with van der Waals surface area (Å²) in [7, 11) is 0. The minimum atomic E-state index is -2.03. The van der Waals surface area contributed by atoms with Gasteiger partial charge in [0.1, 0.15) is 0 Å². The summed E-state index contributed by atoms with van der Waals surface area (Å²) in [4.78, 5) is 9.94. The molecule has 0 aliphatic carbocycles. The van der Waals surface area contributed by atoms with Gasteiger partial charge in [0.05, 0.1) is 16.9 Å². The third-order valence-electron chi connectivity index (χ3n) is 10.9. The molecule has 0 aliphatic heterocycles. The number of hydrogen-bond acceptors (Lipinski definition) is 3. The summed E-state index contributed by atoms with van der Waals surface area (Å²) >= 11 is -0.178. The van der Waals surface area contributed by atoms with E-state index < -0.39 is 19.2 Å². The van der Waals surface area contributed by atoms with Gasteiger partial charge in [0.15, 0.2) is 0 Å². The van der Waals surface area contributed by atoms with Gasteiger partial charge >= 0.3 is 120 Å². The van der Waals surface area contributed by atoms with E-state index in [4.69, 9.17) is 6.35 Å². The molecule has 0 amide bonds. The molecule has 6 heteroatoms. The van der Waals surface area contributed by atoms with Gasteiger partial charge in [-0.25, -0.2) is 0 Å². The zero-order valence-corrected chi connectivity index (χ0v) is 39.2. The number of aromatic nitrogens is 3. The third-order valence-corrected chi connectivity index (χ3v) is 16.3. The molecule has 58 heavy (non-hydrogen) atoms. The van der Waals surface area contributed by atoms with Crippen molar-refractivity contribution in [1.82, 2.24) is 14.5 Å². The van der Waals surface area contributed by atoms with Crippen LogP contribution in [-0.2, 0) is 20.1 Å². The predicted octanol–water partition coefficient (Wildman–Crippen LogP) is 14.0. The summed E-state index contributed by atoms with van der Waals surface area (Å²) in [6, 6.07) is 53.9. The van der Waals surface area contributed by atoms with Crippen molar-refractivity contribution in [1.29, 1.82) is 0 Å². The molecule has 0 N–H and O–H groups in total. The van der Waals surface area contributed by atoms with Crippen LogP contribution in [0.25, 0.3) is 81.1 Å². The van der Waals surface area contributed by atoms with Gasteiger partial charge in [-0.1, -0.05) is 90.7 Å². The monoisotopic (exact) mass is 1010 g/mol. The third kappa shape index (κ3) is 7.35. The van der Waals surface area contributed by atoms with E-state index in [0.29, 0.717) is 0 Å². The Morgan fingerprint density at radius 2 is 1.48 bits per heavy atom. The zero-order valence-electron chi connectivity index (χ0n) is 34.9. The molecular formula is C52H45GeIrN3S-2. The van der Waals surface area contributed by atoms with Crippen molar-refractivity contribution in [2.75, 3.05) is 0 Å². The van der Waals surface area contributed by atoms with Crippen molar-refractivity contribution in [2.24, 2.45) is 0 Å². The van der Waals surface area contributed by atoms with Gasteiger partial charge < -0.3 is 4.57 Å². The number of pyridine rings is 1. The molecule has 0 atom stereocenters. The van der Waals surface area contributed by atoms with Gasteiger partial charge in [-0.15, -0.1) is 17.7 Å². The summed E-state index contributed by atoms with van der Waals surface area (Å²) in [5, 5.41) is 7.45. The number of imidazole rings is 1. The molecule has 3 nitrogen and oxygen atoms in total. The molecular weight excluding hydrogens is 963 g/mol. The second-order valence-corrected chi connectivity index (χ2v) is 27.9. The summed E-state index contributed by atoms with van der Waals surface area (Å²) in [5.74, 6) is 7.38. The molecule has 10 aromatic rings. The molecule has 0 saturated carbocycles. The van der Waals surface area contributed by atoms with Crippen molar-refractivity contribution < 1.29 is 21.5 Å². The Balaban J connectivity index is 0.000000197. The standard InChI is InChI=1S/C35H23N2S.C17H22GeN.Ir/c1-21-14-16-27-32(18-21)38-34-28(17-15-22(2)33(27)34)35-36-29-19-24-9-3-4-10-25(24)20-31(29)37(35)30-13-7-11-23-8-5-6-12-26(23)30;1-13(2)15-11-17(14-9-7-6-8-10-14)19-12-16(15)18(3,4)5;/h3-16,18-20H,1-2H3;6-9,11-13H,1-5H3;/q2*-1;/i;13D;. The Bertz CT molecular complexity index is 3170. The maximum Gasteiger partial charge on any atom is 0 e. The van der Waals surface area contributed by atoms with E-state index in [-0.39, 0.29) is 20.1 Å². The second kappa shape index (κ2) is 16.0. The van der Waals surface area contributed by atoms with E-state index in [9.17, 15) is 0 Å². The molecule has 0 bridgehead atoms. The fourth-order valence-electron chi connectivity index (χ4n) is 8.00. The zero-order chi connectivity index (χ0) is 40.3. The van der Waals surface area contributed by atoms with Gasteiger partial charge in [-0.2, -0.15) is 11.3 Å². The Kier molecular flexibility index (Phi) is 10.7. The maximum absolute atomic E-state index is 8.44. The van der Waals surface area contributed by atoms with E-state index in [1.807, 2.05) is 55.6 Å². The summed E-state index contributed by atoms with van der Waals surface area (Å²) < 4.78 is 14.7. The number of fused-ring (bicyclic) bond motifs is 6. The largest absolute Gasteiger partial charge is 0 e. The molecule has 10 rings (SSSR count). The van der Waals surface area contributed by atoms with Crippen LogP contribution in [0.3, 0.4) is 0 Å². The van der Waals surface area contributed by atoms with Crippen LogP contribution in [-0.4, -0.2) is 27.8 Å². The molecule has 3 aromatic heterocycles. The van der Waals surface area contributed by atoms with E-state index >= 15 is 0 Å². The average Bonchev–Trinajstić information content (AvgIpc) is 3.78. The van der Waals surface area contributed by atoms with Gasteiger partial charge in [-0.3, -0.25) is 4.98 Å². The van der Waals surface area contributed by atoms with Crippen molar-refractivity contribution in [3.63, 3.8) is 0 Å². The van der Waals surface area contributed by atoms with Gasteiger partial charge in [0.2, 0.25) is 0 Å². The molecule has 0 spiro atoms. The van der Waals surface area contributed by atoms with Crippen LogP contribution < -0.4 is 4.40 Å². The molecule has 0 saturated heterocycles. The predicted molar refractivity (Wildman–Crippen MR) is 248 cm³/mol. The van der Waals surface area contributed by atoms with Crippen molar-refractivity contribution in [3.05, 3.63) is 168 Å². The van der Waals surface area contributed by atoms with E-state index in [2.05, 4.69) is 162 Å². The van der Waals surface area contributed by atoms with Crippen LogP contribution in [0.5, 0.6) is 0 Å². The molecule has 289 valence electrons. The van der Waals surface area contributed by atoms with Gasteiger partial charge in [0, 0.05) is 35.9 Å². The van der Waals surface area contributed by atoms with Gasteiger partial charge in [0.25, 0.3) is 0 Å². The number of aryl methyl sites for hydroxylation is 2. The molecule has 0 unspecified atom stereocenters. The fourth-order valence-corrected chi connectivity index (χ4v) is 12.7. The smallest absolute Gasteiger partial charge is 0 e. The Morgan fingerprint density at radius 1 is 0.759 bits per heavy atom. The first-order valence-corrected chi connectivity index (χ1v) is 27.7. The van der Waals surface area contributed by atoms with Crippen molar-refractivity contribution in [3.8, 4) is 28.3 Å².